The van der Waals surface area contributed by atoms with Crippen molar-refractivity contribution in [3.05, 3.63) is 36.2 Å². The second-order valence-corrected chi connectivity index (χ2v) is 5.47. The van der Waals surface area contributed by atoms with E-state index in [1.807, 2.05) is 30.5 Å². The van der Waals surface area contributed by atoms with E-state index in [1.165, 1.54) is 0 Å². The maximum Gasteiger partial charge on any atom is 0.226 e. The van der Waals surface area contributed by atoms with Crippen LogP contribution in [0.25, 0.3) is 0 Å². The van der Waals surface area contributed by atoms with Crippen molar-refractivity contribution in [3.8, 4) is 5.75 Å². The van der Waals surface area contributed by atoms with E-state index in [0.29, 0.717) is 36.9 Å². The van der Waals surface area contributed by atoms with Gasteiger partial charge in [0.2, 0.25) is 5.91 Å². The van der Waals surface area contributed by atoms with Crippen molar-refractivity contribution in [3.63, 3.8) is 0 Å². The molecule has 1 aliphatic rings. The highest BCUT2D eigenvalue weighted by Gasteiger charge is 2.20. The number of aryl methyl sites for hydroxylation is 1. The van der Waals surface area contributed by atoms with Gasteiger partial charge in [-0.15, -0.1) is 5.10 Å². The van der Waals surface area contributed by atoms with E-state index in [4.69, 9.17) is 9.47 Å². The monoisotopic (exact) mass is 316 g/mol. The predicted octanol–water partition coefficient (Wildman–Crippen LogP) is 1.82. The molecule has 1 saturated heterocycles. The van der Waals surface area contributed by atoms with Crippen LogP contribution in [0.1, 0.15) is 24.5 Å². The smallest absolute Gasteiger partial charge is 0.226 e. The number of hydrogen-bond acceptors (Lipinski definition) is 5. The lowest BCUT2D eigenvalue weighted by molar-refractivity contribution is -0.116. The molecule has 1 fully saturated rings. The van der Waals surface area contributed by atoms with Gasteiger partial charge in [-0.2, -0.15) is 0 Å². The number of carbonyl (C=O) groups excluding carboxylic acids is 1. The lowest BCUT2D eigenvalue weighted by Gasteiger charge is -2.09. The van der Waals surface area contributed by atoms with E-state index >= 15 is 0 Å². The van der Waals surface area contributed by atoms with Gasteiger partial charge in [0.1, 0.15) is 5.75 Å². The fourth-order valence-corrected chi connectivity index (χ4v) is 2.55. The summed E-state index contributed by atoms with van der Waals surface area (Å²) < 4.78 is 12.3. The number of anilines is 1. The van der Waals surface area contributed by atoms with E-state index in [1.54, 1.807) is 11.8 Å². The van der Waals surface area contributed by atoms with E-state index < -0.39 is 0 Å². The topological polar surface area (TPSA) is 78.3 Å². The normalized spacial score (nSPS) is 17.2. The quantitative estimate of drug-likeness (QED) is 0.879. The molecule has 1 aromatic carbocycles. The molecule has 1 amide bonds. The third-order valence-electron chi connectivity index (χ3n) is 3.85. The number of para-hydroxylation sites is 2. The van der Waals surface area contributed by atoms with Crippen LogP contribution in [0.2, 0.25) is 0 Å². The number of hydrogen-bond donors (Lipinski definition) is 1. The molecule has 1 aromatic heterocycles. The fraction of sp³-hybridized carbons (Fsp3) is 0.438. The molecule has 122 valence electrons. The summed E-state index contributed by atoms with van der Waals surface area (Å²) in [4.78, 5) is 12.1. The van der Waals surface area contributed by atoms with Gasteiger partial charge < -0.3 is 14.8 Å². The first kappa shape index (κ1) is 15.5. The molecular weight excluding hydrogens is 296 g/mol. The zero-order valence-electron chi connectivity index (χ0n) is 13.1. The zero-order chi connectivity index (χ0) is 16.1. The van der Waals surface area contributed by atoms with E-state index in [-0.39, 0.29) is 5.91 Å². The van der Waals surface area contributed by atoms with Gasteiger partial charge in [0.25, 0.3) is 0 Å². The summed E-state index contributed by atoms with van der Waals surface area (Å²) >= 11 is 0. The molecule has 0 radical (unpaired) electrons. The van der Waals surface area contributed by atoms with Gasteiger partial charge in [-0.3, -0.25) is 9.48 Å². The highest BCUT2D eigenvalue weighted by Crippen LogP contribution is 2.24. The third kappa shape index (κ3) is 3.87. The first-order valence-electron chi connectivity index (χ1n) is 7.67. The average Bonchev–Trinajstić information content (AvgIpc) is 3.24. The number of benzene rings is 1. The van der Waals surface area contributed by atoms with Crippen LogP contribution < -0.4 is 10.1 Å². The Kier molecular flexibility index (Phi) is 4.87. The summed E-state index contributed by atoms with van der Waals surface area (Å²) in [6.07, 6.45) is 3.20. The van der Waals surface area contributed by atoms with Crippen molar-refractivity contribution in [1.82, 2.24) is 15.0 Å². The minimum absolute atomic E-state index is 0.0873. The maximum atomic E-state index is 12.1. The molecule has 1 atom stereocenters. The fourth-order valence-electron chi connectivity index (χ4n) is 2.55. The Morgan fingerprint density at radius 3 is 3.13 bits per heavy atom. The lowest BCUT2D eigenvalue weighted by Crippen LogP contribution is -2.15. The van der Waals surface area contributed by atoms with Gasteiger partial charge in [-0.25, -0.2) is 0 Å². The van der Waals surface area contributed by atoms with Crippen molar-refractivity contribution in [1.29, 1.82) is 0 Å². The summed E-state index contributed by atoms with van der Waals surface area (Å²) in [5.74, 6) is 0.882. The van der Waals surface area contributed by atoms with E-state index in [0.717, 1.165) is 18.7 Å². The molecule has 2 aromatic rings. The molecule has 0 spiro atoms. The molecule has 23 heavy (non-hydrogen) atoms. The van der Waals surface area contributed by atoms with E-state index in [9.17, 15) is 4.79 Å². The lowest BCUT2D eigenvalue weighted by atomic mass is 10.1. The molecular formula is C16H20N4O3. The average molecular weight is 316 g/mol. The van der Waals surface area contributed by atoms with E-state index in [2.05, 4.69) is 15.6 Å². The molecule has 2 heterocycles. The number of ether oxygens (including phenoxy) is 2. The van der Waals surface area contributed by atoms with Crippen LogP contribution in [0, 0.1) is 0 Å². The Morgan fingerprint density at radius 1 is 1.48 bits per heavy atom. The molecule has 1 N–H and O–H groups in total. The summed E-state index contributed by atoms with van der Waals surface area (Å²) in [5.41, 5.74) is 1.61. The number of carbonyl (C=O) groups is 1. The van der Waals surface area contributed by atoms with Gasteiger partial charge >= 0.3 is 0 Å². The highest BCUT2D eigenvalue weighted by molar-refractivity contribution is 5.92. The molecule has 7 heteroatoms. The Balaban J connectivity index is 1.52. The Morgan fingerprint density at radius 2 is 2.35 bits per heavy atom. The number of nitrogens with one attached hydrogen (secondary N) is 1. The predicted molar refractivity (Wildman–Crippen MR) is 84.4 cm³/mol. The van der Waals surface area contributed by atoms with Crippen LogP contribution in [0.15, 0.2) is 30.5 Å². The van der Waals surface area contributed by atoms with Gasteiger partial charge in [-0.05, 0) is 18.6 Å². The SMILES string of the molecule is COc1ccccc1NC(=O)CCn1cc([C@H]2CCOC2)nn1. The van der Waals surface area contributed by atoms with Gasteiger partial charge in [-0.1, -0.05) is 17.3 Å². The van der Waals surface area contributed by atoms with Crippen molar-refractivity contribution in [2.45, 2.75) is 25.3 Å². The second kappa shape index (κ2) is 7.23. The van der Waals surface area contributed by atoms with Crippen LogP contribution in [-0.2, 0) is 16.1 Å². The largest absolute Gasteiger partial charge is 0.495 e. The number of methoxy groups -OCH3 is 1. The standard InChI is InChI=1S/C16H20N4O3/c1-22-15-5-3-2-4-13(15)17-16(21)6-8-20-10-14(18-19-20)12-7-9-23-11-12/h2-5,10,12H,6-9,11H2,1H3,(H,17,21)/t12-/m0/s1. The Labute approximate surface area is 134 Å². The molecule has 3 rings (SSSR count). The van der Waals surface area contributed by atoms with Crippen molar-refractivity contribution in [2.75, 3.05) is 25.6 Å². The first-order chi connectivity index (χ1) is 11.3. The minimum atomic E-state index is -0.0873. The molecule has 1 aliphatic heterocycles. The Hall–Kier alpha value is -2.41. The number of rotatable bonds is 6. The minimum Gasteiger partial charge on any atom is -0.495 e. The van der Waals surface area contributed by atoms with Gasteiger partial charge in [0, 0.05) is 25.1 Å². The molecule has 0 unspecified atom stereocenters. The second-order valence-electron chi connectivity index (χ2n) is 5.47. The van der Waals surface area contributed by atoms with Crippen LogP contribution in [0.4, 0.5) is 5.69 Å². The maximum absolute atomic E-state index is 12.1. The van der Waals surface area contributed by atoms with Gasteiger partial charge in [0.15, 0.2) is 0 Å². The summed E-state index contributed by atoms with van der Waals surface area (Å²) in [7, 11) is 1.58. The molecule has 0 bridgehead atoms. The number of nitrogens with zero attached hydrogens (tertiary/aromatic N) is 3. The zero-order valence-corrected chi connectivity index (χ0v) is 13.1. The summed E-state index contributed by atoms with van der Waals surface area (Å²) in [6.45, 7) is 1.97. The van der Waals surface area contributed by atoms with Crippen LogP contribution in [-0.4, -0.2) is 41.2 Å². The molecule has 0 saturated carbocycles. The van der Waals surface area contributed by atoms with Gasteiger partial charge in [0.05, 0.1) is 31.6 Å². The summed E-state index contributed by atoms with van der Waals surface area (Å²) in [6, 6.07) is 7.33. The molecule has 7 nitrogen and oxygen atoms in total. The highest BCUT2D eigenvalue weighted by atomic mass is 16.5. The number of aromatic nitrogens is 3. The third-order valence-corrected chi connectivity index (χ3v) is 3.85. The van der Waals surface area contributed by atoms with Crippen LogP contribution in [0.3, 0.4) is 0 Å². The summed E-state index contributed by atoms with van der Waals surface area (Å²) in [5, 5.41) is 11.1. The van der Waals surface area contributed by atoms with Crippen molar-refractivity contribution in [2.24, 2.45) is 0 Å². The number of amides is 1. The molecule has 0 aliphatic carbocycles. The van der Waals surface area contributed by atoms with Crippen molar-refractivity contribution < 1.29 is 14.3 Å². The van der Waals surface area contributed by atoms with Crippen molar-refractivity contribution >= 4 is 11.6 Å². The first-order valence-corrected chi connectivity index (χ1v) is 7.67. The van der Waals surface area contributed by atoms with Crippen LogP contribution >= 0.6 is 0 Å². The van der Waals surface area contributed by atoms with Crippen LogP contribution in [0.5, 0.6) is 5.75 Å². The Bertz CT molecular complexity index is 665.